The third kappa shape index (κ3) is 2.68. The number of amides is 1. The summed E-state index contributed by atoms with van der Waals surface area (Å²) in [6.45, 7) is 3.66. The molecule has 0 saturated heterocycles. The first-order valence-corrected chi connectivity index (χ1v) is 4.60. The van der Waals surface area contributed by atoms with Gasteiger partial charge in [0.1, 0.15) is 0 Å². The van der Waals surface area contributed by atoms with Crippen molar-refractivity contribution in [2.75, 3.05) is 7.05 Å². The van der Waals surface area contributed by atoms with Crippen LogP contribution >= 0.6 is 0 Å². The molecule has 0 aromatic rings. The molecule has 1 rings (SSSR count). The zero-order chi connectivity index (χ0) is 8.97. The highest BCUT2D eigenvalue weighted by atomic mass is 16.1. The van der Waals surface area contributed by atoms with E-state index in [1.807, 2.05) is 6.08 Å². The fraction of sp³-hybridized carbons (Fsp3) is 0.700. The maximum Gasteiger partial charge on any atom is 0.223 e. The van der Waals surface area contributed by atoms with Crippen LogP contribution in [0.5, 0.6) is 0 Å². The van der Waals surface area contributed by atoms with E-state index >= 15 is 0 Å². The van der Waals surface area contributed by atoms with Crippen LogP contribution in [0.2, 0.25) is 0 Å². The third-order valence-corrected chi connectivity index (χ3v) is 2.38. The van der Waals surface area contributed by atoms with Crippen LogP contribution in [0.25, 0.3) is 0 Å². The molecule has 12 heavy (non-hydrogen) atoms. The fourth-order valence-electron chi connectivity index (χ4n) is 1.47. The molecule has 2 heteroatoms. The largest absolute Gasteiger partial charge is 0.359 e. The SMILES string of the molecule is C=CCC(CC1CC1)C(=O)NC. The Balaban J connectivity index is 2.34. The monoisotopic (exact) mass is 167 g/mol. The Hall–Kier alpha value is -0.790. The van der Waals surface area contributed by atoms with Crippen molar-refractivity contribution in [3.8, 4) is 0 Å². The van der Waals surface area contributed by atoms with Gasteiger partial charge in [-0.15, -0.1) is 6.58 Å². The molecule has 0 aromatic heterocycles. The van der Waals surface area contributed by atoms with Gasteiger partial charge in [0, 0.05) is 13.0 Å². The van der Waals surface area contributed by atoms with Crippen molar-refractivity contribution < 1.29 is 4.79 Å². The van der Waals surface area contributed by atoms with Crippen molar-refractivity contribution in [2.24, 2.45) is 11.8 Å². The van der Waals surface area contributed by atoms with Gasteiger partial charge in [0.15, 0.2) is 0 Å². The highest BCUT2D eigenvalue weighted by molar-refractivity contribution is 5.78. The van der Waals surface area contributed by atoms with E-state index in [4.69, 9.17) is 0 Å². The van der Waals surface area contributed by atoms with Gasteiger partial charge in [-0.1, -0.05) is 18.9 Å². The Morgan fingerprint density at radius 1 is 1.75 bits per heavy atom. The maximum atomic E-state index is 11.3. The van der Waals surface area contributed by atoms with Gasteiger partial charge in [-0.3, -0.25) is 4.79 Å². The molecule has 0 spiro atoms. The molecule has 0 radical (unpaired) electrons. The van der Waals surface area contributed by atoms with E-state index < -0.39 is 0 Å². The highest BCUT2D eigenvalue weighted by Crippen LogP contribution is 2.36. The van der Waals surface area contributed by atoms with Crippen molar-refractivity contribution in [2.45, 2.75) is 25.7 Å². The molecular formula is C10H17NO. The quantitative estimate of drug-likeness (QED) is 0.621. The summed E-state index contributed by atoms with van der Waals surface area (Å²) in [5.41, 5.74) is 0. The summed E-state index contributed by atoms with van der Waals surface area (Å²) in [5.74, 6) is 1.15. The summed E-state index contributed by atoms with van der Waals surface area (Å²) < 4.78 is 0. The molecule has 1 atom stereocenters. The fourth-order valence-corrected chi connectivity index (χ4v) is 1.47. The molecule has 68 valence electrons. The third-order valence-electron chi connectivity index (χ3n) is 2.38. The first-order valence-electron chi connectivity index (χ1n) is 4.60. The lowest BCUT2D eigenvalue weighted by Gasteiger charge is -2.11. The smallest absolute Gasteiger partial charge is 0.223 e. The molecule has 1 aliphatic rings. The second kappa shape index (κ2) is 4.29. The number of allylic oxidation sites excluding steroid dienone is 1. The average Bonchev–Trinajstić information content (AvgIpc) is 2.86. The van der Waals surface area contributed by atoms with Crippen LogP contribution in [-0.4, -0.2) is 13.0 Å². The Labute approximate surface area is 74.0 Å². The van der Waals surface area contributed by atoms with Gasteiger partial charge in [-0.2, -0.15) is 0 Å². The van der Waals surface area contributed by atoms with Gasteiger partial charge in [-0.05, 0) is 18.8 Å². The van der Waals surface area contributed by atoms with E-state index in [9.17, 15) is 4.79 Å². The van der Waals surface area contributed by atoms with Crippen LogP contribution in [-0.2, 0) is 4.79 Å². The first kappa shape index (κ1) is 9.30. The molecule has 0 aliphatic heterocycles. The molecule has 1 fully saturated rings. The Morgan fingerprint density at radius 2 is 2.42 bits per heavy atom. The minimum Gasteiger partial charge on any atom is -0.359 e. The molecule has 1 unspecified atom stereocenters. The van der Waals surface area contributed by atoms with Crippen LogP contribution < -0.4 is 5.32 Å². The zero-order valence-corrected chi connectivity index (χ0v) is 7.68. The highest BCUT2D eigenvalue weighted by Gasteiger charge is 2.27. The van der Waals surface area contributed by atoms with E-state index in [2.05, 4.69) is 11.9 Å². The molecular weight excluding hydrogens is 150 g/mol. The molecule has 0 aromatic carbocycles. The van der Waals surface area contributed by atoms with Crippen molar-refractivity contribution in [3.63, 3.8) is 0 Å². The molecule has 2 nitrogen and oxygen atoms in total. The van der Waals surface area contributed by atoms with Crippen LogP contribution in [0.3, 0.4) is 0 Å². The molecule has 0 heterocycles. The van der Waals surface area contributed by atoms with Gasteiger partial charge in [0.05, 0.1) is 0 Å². The standard InChI is InChI=1S/C10H17NO/c1-3-4-9(10(12)11-2)7-8-5-6-8/h3,8-9H,1,4-7H2,2H3,(H,11,12). The molecule has 0 bridgehead atoms. The van der Waals surface area contributed by atoms with Crippen LogP contribution in [0.1, 0.15) is 25.7 Å². The molecule has 1 aliphatic carbocycles. The van der Waals surface area contributed by atoms with E-state index in [1.54, 1.807) is 7.05 Å². The topological polar surface area (TPSA) is 29.1 Å². The Bertz CT molecular complexity index is 173. The van der Waals surface area contributed by atoms with Crippen LogP contribution in [0.15, 0.2) is 12.7 Å². The zero-order valence-electron chi connectivity index (χ0n) is 7.68. The van der Waals surface area contributed by atoms with Gasteiger partial charge in [0.25, 0.3) is 0 Å². The van der Waals surface area contributed by atoms with E-state index in [-0.39, 0.29) is 11.8 Å². The second-order valence-electron chi connectivity index (χ2n) is 3.51. The van der Waals surface area contributed by atoms with Gasteiger partial charge >= 0.3 is 0 Å². The number of rotatable bonds is 5. The second-order valence-corrected chi connectivity index (χ2v) is 3.51. The predicted molar refractivity (Wildman–Crippen MR) is 49.7 cm³/mol. The van der Waals surface area contributed by atoms with E-state index in [1.165, 1.54) is 12.8 Å². The Kier molecular flexibility index (Phi) is 3.32. The summed E-state index contributed by atoms with van der Waals surface area (Å²) in [6.07, 6.45) is 6.32. The lowest BCUT2D eigenvalue weighted by Crippen LogP contribution is -2.27. The van der Waals surface area contributed by atoms with Gasteiger partial charge in [-0.25, -0.2) is 0 Å². The van der Waals surface area contributed by atoms with Crippen LogP contribution in [0.4, 0.5) is 0 Å². The van der Waals surface area contributed by atoms with Crippen molar-refractivity contribution in [3.05, 3.63) is 12.7 Å². The van der Waals surface area contributed by atoms with Gasteiger partial charge < -0.3 is 5.32 Å². The predicted octanol–water partition coefficient (Wildman–Crippen LogP) is 1.72. The first-order chi connectivity index (χ1) is 5.77. The lowest BCUT2D eigenvalue weighted by molar-refractivity contribution is -0.124. The van der Waals surface area contributed by atoms with Crippen molar-refractivity contribution >= 4 is 5.91 Å². The van der Waals surface area contributed by atoms with E-state index in [0.29, 0.717) is 0 Å². The number of nitrogens with one attached hydrogen (secondary N) is 1. The molecule has 1 saturated carbocycles. The number of hydrogen-bond acceptors (Lipinski definition) is 1. The normalized spacial score (nSPS) is 18.4. The summed E-state index contributed by atoms with van der Waals surface area (Å²) in [4.78, 5) is 11.3. The summed E-state index contributed by atoms with van der Waals surface area (Å²) >= 11 is 0. The summed E-state index contributed by atoms with van der Waals surface area (Å²) in [5, 5.41) is 2.70. The average molecular weight is 167 g/mol. The number of carbonyl (C=O) groups excluding carboxylic acids is 1. The number of carbonyl (C=O) groups is 1. The molecule has 1 amide bonds. The lowest BCUT2D eigenvalue weighted by atomic mass is 9.98. The maximum absolute atomic E-state index is 11.3. The minimum absolute atomic E-state index is 0.167. The molecule has 1 N–H and O–H groups in total. The Morgan fingerprint density at radius 3 is 2.83 bits per heavy atom. The summed E-state index contributed by atoms with van der Waals surface area (Å²) in [6, 6.07) is 0. The van der Waals surface area contributed by atoms with Gasteiger partial charge in [0.2, 0.25) is 5.91 Å². The van der Waals surface area contributed by atoms with Crippen molar-refractivity contribution in [1.82, 2.24) is 5.32 Å². The van der Waals surface area contributed by atoms with E-state index in [0.717, 1.165) is 18.8 Å². The summed E-state index contributed by atoms with van der Waals surface area (Å²) in [7, 11) is 1.70. The minimum atomic E-state index is 0.167. The number of hydrogen-bond donors (Lipinski definition) is 1. The van der Waals surface area contributed by atoms with Crippen molar-refractivity contribution in [1.29, 1.82) is 0 Å². The van der Waals surface area contributed by atoms with Crippen LogP contribution in [0, 0.1) is 11.8 Å².